The van der Waals surface area contributed by atoms with Crippen LogP contribution in [0.25, 0.3) is 0 Å². The predicted molar refractivity (Wildman–Crippen MR) is 74.9 cm³/mol. The molecule has 1 nitrogen and oxygen atoms in total. The van der Waals surface area contributed by atoms with Crippen LogP contribution in [0.4, 0.5) is 5.69 Å². The van der Waals surface area contributed by atoms with Crippen LogP contribution in [0.1, 0.15) is 12.0 Å². The van der Waals surface area contributed by atoms with Crippen molar-refractivity contribution in [3.63, 3.8) is 0 Å². The highest BCUT2D eigenvalue weighted by Gasteiger charge is 1.96. The third-order valence-corrected chi connectivity index (χ3v) is 2.72. The van der Waals surface area contributed by atoms with E-state index in [2.05, 4.69) is 55.3 Å². The number of hydrogen-bond acceptors (Lipinski definition) is 1. The number of hydrogen-bond donors (Lipinski definition) is 1. The molecule has 0 atom stereocenters. The van der Waals surface area contributed by atoms with Gasteiger partial charge in [0, 0.05) is 11.4 Å². The fraction of sp³-hybridized carbons (Fsp3) is 0.125. The zero-order chi connectivity index (χ0) is 12.1. The molecule has 0 aliphatic heterocycles. The first-order chi connectivity index (χ1) is 8.25. The first-order valence-electron chi connectivity index (χ1n) is 5.82. The predicted octanol–water partition coefficient (Wildman–Crippen LogP) is 4.36. The Hall–Kier alpha value is -2.02. The van der Waals surface area contributed by atoms with Crippen molar-refractivity contribution in [2.24, 2.45) is 0 Å². The lowest BCUT2D eigenvalue weighted by atomic mass is 10.2. The SMILES string of the molecule is C=C(/C=C/C1=CCC=C1)Nc1ccccc1C. The maximum atomic E-state index is 4.00. The van der Waals surface area contributed by atoms with Gasteiger partial charge < -0.3 is 5.32 Å². The second-order valence-corrected chi connectivity index (χ2v) is 4.14. The van der Waals surface area contributed by atoms with E-state index >= 15 is 0 Å². The largest absolute Gasteiger partial charge is 0.356 e. The summed E-state index contributed by atoms with van der Waals surface area (Å²) in [5.41, 5.74) is 4.48. The van der Waals surface area contributed by atoms with Crippen molar-refractivity contribution in [2.75, 3.05) is 5.32 Å². The molecule has 1 N–H and O–H groups in total. The molecule has 0 aromatic heterocycles. The summed E-state index contributed by atoms with van der Waals surface area (Å²) in [4.78, 5) is 0. The van der Waals surface area contributed by atoms with Crippen LogP contribution in [0, 0.1) is 6.92 Å². The second-order valence-electron chi connectivity index (χ2n) is 4.14. The van der Waals surface area contributed by atoms with E-state index < -0.39 is 0 Å². The molecule has 1 heteroatoms. The monoisotopic (exact) mass is 223 g/mol. The minimum Gasteiger partial charge on any atom is -0.356 e. The summed E-state index contributed by atoms with van der Waals surface area (Å²) in [6.07, 6.45) is 11.6. The molecule has 1 aromatic rings. The molecule has 17 heavy (non-hydrogen) atoms. The van der Waals surface area contributed by atoms with Crippen LogP contribution in [0.5, 0.6) is 0 Å². The highest BCUT2D eigenvalue weighted by Crippen LogP contribution is 2.16. The van der Waals surface area contributed by atoms with Gasteiger partial charge in [0.1, 0.15) is 0 Å². The molecule has 0 spiro atoms. The number of para-hydroxylation sites is 1. The van der Waals surface area contributed by atoms with Gasteiger partial charge in [-0.2, -0.15) is 0 Å². The normalized spacial score (nSPS) is 14.1. The summed E-state index contributed by atoms with van der Waals surface area (Å²) < 4.78 is 0. The van der Waals surface area contributed by atoms with Crippen LogP contribution in [-0.2, 0) is 0 Å². The van der Waals surface area contributed by atoms with Crippen molar-refractivity contribution in [3.05, 3.63) is 78.1 Å². The summed E-state index contributed by atoms with van der Waals surface area (Å²) in [6, 6.07) is 8.20. The molecule has 1 aromatic carbocycles. The molecule has 1 aliphatic rings. The summed E-state index contributed by atoms with van der Waals surface area (Å²) >= 11 is 0. The molecular weight excluding hydrogens is 206 g/mol. The number of anilines is 1. The summed E-state index contributed by atoms with van der Waals surface area (Å²) in [6.45, 7) is 6.09. The Balaban J connectivity index is 1.98. The van der Waals surface area contributed by atoms with Crippen molar-refractivity contribution in [1.82, 2.24) is 0 Å². The number of aryl methyl sites for hydroxylation is 1. The average molecular weight is 223 g/mol. The third-order valence-electron chi connectivity index (χ3n) is 2.72. The highest BCUT2D eigenvalue weighted by atomic mass is 14.9. The van der Waals surface area contributed by atoms with E-state index in [1.54, 1.807) is 0 Å². The van der Waals surface area contributed by atoms with E-state index in [0.29, 0.717) is 0 Å². The molecule has 0 saturated heterocycles. The van der Waals surface area contributed by atoms with Gasteiger partial charge in [-0.3, -0.25) is 0 Å². The Bertz CT molecular complexity index is 504. The minimum atomic E-state index is 0.903. The molecule has 2 rings (SSSR count). The standard InChI is InChI=1S/C16H17N/c1-13-7-3-6-10-16(13)17-14(2)11-12-15-8-4-5-9-15/h3-4,6-12,17H,2,5H2,1H3/b12-11+. The molecule has 0 amide bonds. The summed E-state index contributed by atoms with van der Waals surface area (Å²) in [5.74, 6) is 0. The maximum Gasteiger partial charge on any atom is 0.0413 e. The lowest BCUT2D eigenvalue weighted by Gasteiger charge is -2.08. The molecule has 0 radical (unpaired) electrons. The van der Waals surface area contributed by atoms with E-state index in [4.69, 9.17) is 0 Å². The van der Waals surface area contributed by atoms with Crippen molar-refractivity contribution in [2.45, 2.75) is 13.3 Å². The Labute approximate surface area is 103 Å². The molecular formula is C16H17N. The lowest BCUT2D eigenvalue weighted by molar-refractivity contribution is 1.40. The highest BCUT2D eigenvalue weighted by molar-refractivity contribution is 5.56. The van der Waals surface area contributed by atoms with Gasteiger partial charge in [-0.15, -0.1) is 0 Å². The van der Waals surface area contributed by atoms with Crippen molar-refractivity contribution in [3.8, 4) is 0 Å². The lowest BCUT2D eigenvalue weighted by Crippen LogP contribution is -1.96. The second kappa shape index (κ2) is 5.35. The van der Waals surface area contributed by atoms with Gasteiger partial charge in [0.2, 0.25) is 0 Å². The Morgan fingerprint density at radius 3 is 2.88 bits per heavy atom. The van der Waals surface area contributed by atoms with E-state index in [1.165, 1.54) is 11.1 Å². The zero-order valence-electron chi connectivity index (χ0n) is 10.1. The van der Waals surface area contributed by atoms with Gasteiger partial charge in [0.05, 0.1) is 0 Å². The number of allylic oxidation sites excluding steroid dienone is 6. The summed E-state index contributed by atoms with van der Waals surface area (Å²) in [7, 11) is 0. The smallest absolute Gasteiger partial charge is 0.0413 e. The van der Waals surface area contributed by atoms with Crippen LogP contribution < -0.4 is 5.32 Å². The first kappa shape index (κ1) is 11.5. The van der Waals surface area contributed by atoms with Crippen molar-refractivity contribution < 1.29 is 0 Å². The van der Waals surface area contributed by atoms with E-state index in [1.807, 2.05) is 18.2 Å². The molecule has 86 valence electrons. The fourth-order valence-electron chi connectivity index (χ4n) is 1.72. The van der Waals surface area contributed by atoms with Crippen LogP contribution >= 0.6 is 0 Å². The van der Waals surface area contributed by atoms with E-state index in [-0.39, 0.29) is 0 Å². The molecule has 0 heterocycles. The van der Waals surface area contributed by atoms with Gasteiger partial charge in [0.25, 0.3) is 0 Å². The minimum absolute atomic E-state index is 0.903. The van der Waals surface area contributed by atoms with Crippen LogP contribution in [0.2, 0.25) is 0 Å². The van der Waals surface area contributed by atoms with Gasteiger partial charge in [-0.25, -0.2) is 0 Å². The molecule has 1 aliphatic carbocycles. The summed E-state index contributed by atoms with van der Waals surface area (Å²) in [5, 5.41) is 3.30. The van der Waals surface area contributed by atoms with Crippen molar-refractivity contribution in [1.29, 1.82) is 0 Å². The van der Waals surface area contributed by atoms with Crippen molar-refractivity contribution >= 4 is 5.69 Å². The average Bonchev–Trinajstić information content (AvgIpc) is 2.82. The number of rotatable bonds is 4. The van der Waals surface area contributed by atoms with Crippen LogP contribution in [0.3, 0.4) is 0 Å². The molecule has 0 bridgehead atoms. The van der Waals surface area contributed by atoms with Gasteiger partial charge in [0.15, 0.2) is 0 Å². The Morgan fingerprint density at radius 1 is 1.35 bits per heavy atom. The van der Waals surface area contributed by atoms with E-state index in [0.717, 1.165) is 17.8 Å². The quantitative estimate of drug-likeness (QED) is 0.748. The molecule has 0 saturated carbocycles. The number of benzene rings is 1. The molecule has 0 unspecified atom stereocenters. The molecule has 0 fully saturated rings. The van der Waals surface area contributed by atoms with Gasteiger partial charge >= 0.3 is 0 Å². The van der Waals surface area contributed by atoms with Gasteiger partial charge in [-0.1, -0.05) is 49.1 Å². The Kier molecular flexibility index (Phi) is 3.61. The first-order valence-corrected chi connectivity index (χ1v) is 5.82. The van der Waals surface area contributed by atoms with Crippen LogP contribution in [0.15, 0.2) is 72.5 Å². The van der Waals surface area contributed by atoms with Gasteiger partial charge in [-0.05, 0) is 36.6 Å². The maximum absolute atomic E-state index is 4.00. The topological polar surface area (TPSA) is 12.0 Å². The van der Waals surface area contributed by atoms with E-state index in [9.17, 15) is 0 Å². The van der Waals surface area contributed by atoms with Crippen LogP contribution in [-0.4, -0.2) is 0 Å². The Morgan fingerprint density at radius 2 is 2.18 bits per heavy atom. The number of nitrogens with one attached hydrogen (secondary N) is 1. The third kappa shape index (κ3) is 3.22. The fourth-order valence-corrected chi connectivity index (χ4v) is 1.72. The zero-order valence-corrected chi connectivity index (χ0v) is 10.1.